The number of hydrogen-bond acceptors (Lipinski definition) is 12. The molecule has 3 saturated heterocycles. The first-order valence-corrected chi connectivity index (χ1v) is 19.6. The van der Waals surface area contributed by atoms with E-state index in [1.54, 1.807) is 22.1 Å². The van der Waals surface area contributed by atoms with Crippen LogP contribution in [0, 0.1) is 5.82 Å². The maximum atomic E-state index is 15.0. The van der Waals surface area contributed by atoms with Gasteiger partial charge >= 0.3 is 0 Å². The molecule has 9 rings (SSSR count). The highest BCUT2D eigenvalue weighted by atomic mass is 19.3. The number of piperazine rings is 1. The number of hydrogen-bond donors (Lipinski definition) is 3. The van der Waals surface area contributed by atoms with Crippen LogP contribution < -0.4 is 25.2 Å². The molecule has 58 heavy (non-hydrogen) atoms. The van der Waals surface area contributed by atoms with Crippen molar-refractivity contribution >= 4 is 34.9 Å². The maximum Gasteiger partial charge on any atom is 0.263 e. The van der Waals surface area contributed by atoms with Gasteiger partial charge in [-0.2, -0.15) is 0 Å². The fourth-order valence-electron chi connectivity index (χ4n) is 8.94. The summed E-state index contributed by atoms with van der Waals surface area (Å²) in [5.74, 6) is -1.63. The van der Waals surface area contributed by atoms with Gasteiger partial charge in [-0.3, -0.25) is 24.6 Å². The first kappa shape index (κ1) is 37.6. The van der Waals surface area contributed by atoms with Gasteiger partial charge in [-0.25, -0.2) is 18.2 Å². The average molecular weight is 798 g/mol. The number of halogens is 3. The van der Waals surface area contributed by atoms with Gasteiger partial charge in [0.15, 0.2) is 17.4 Å². The van der Waals surface area contributed by atoms with Gasteiger partial charge in [0.05, 0.1) is 17.9 Å². The Balaban J connectivity index is 0.841. The molecule has 14 nitrogen and oxygen atoms in total. The average Bonchev–Trinajstić information content (AvgIpc) is 3.77. The van der Waals surface area contributed by atoms with Crippen molar-refractivity contribution in [3.63, 3.8) is 0 Å². The zero-order chi connectivity index (χ0) is 40.3. The maximum absolute atomic E-state index is 15.0. The van der Waals surface area contributed by atoms with E-state index in [2.05, 4.69) is 41.7 Å². The van der Waals surface area contributed by atoms with Gasteiger partial charge in [-0.05, 0) is 60.4 Å². The number of aromatic nitrogens is 3. The highest BCUT2D eigenvalue weighted by Gasteiger charge is 2.56. The van der Waals surface area contributed by atoms with Crippen LogP contribution in [0.15, 0.2) is 54.7 Å². The van der Waals surface area contributed by atoms with Crippen LogP contribution in [0.4, 0.5) is 30.4 Å². The molecule has 2 aromatic heterocycles. The summed E-state index contributed by atoms with van der Waals surface area (Å²) in [7, 11) is 0. The summed E-state index contributed by atoms with van der Waals surface area (Å²) in [5.41, 5.74) is 3.32. The molecule has 3 atom stereocenters. The lowest BCUT2D eigenvalue weighted by atomic mass is 9.93. The van der Waals surface area contributed by atoms with Crippen molar-refractivity contribution in [3.8, 4) is 22.9 Å². The number of piperidine rings is 1. The van der Waals surface area contributed by atoms with E-state index >= 15 is 8.78 Å². The molecule has 7 heterocycles. The van der Waals surface area contributed by atoms with Gasteiger partial charge in [-0.15, -0.1) is 10.2 Å². The van der Waals surface area contributed by atoms with Crippen molar-refractivity contribution in [1.29, 1.82) is 0 Å². The van der Waals surface area contributed by atoms with E-state index in [-0.39, 0.29) is 49.0 Å². The van der Waals surface area contributed by atoms with E-state index in [1.165, 1.54) is 12.1 Å². The van der Waals surface area contributed by atoms with Crippen LogP contribution in [-0.2, 0) is 29.1 Å². The smallest absolute Gasteiger partial charge is 0.263 e. The molecule has 5 aliphatic heterocycles. The zero-order valence-electron chi connectivity index (χ0n) is 31.8. The number of aryl methyl sites for hydroxylation is 1. The Bertz CT molecular complexity index is 2310. The van der Waals surface area contributed by atoms with E-state index < -0.39 is 41.6 Å². The molecule has 0 spiro atoms. The fraction of sp³-hybridized carbons (Fsp3) is 0.415. The molecule has 0 aliphatic carbocycles. The van der Waals surface area contributed by atoms with Crippen LogP contribution in [0.25, 0.3) is 11.3 Å². The minimum absolute atomic E-state index is 0.0211. The molecule has 2 aromatic carbocycles. The van der Waals surface area contributed by atoms with Crippen LogP contribution in [0.5, 0.6) is 11.6 Å². The second kappa shape index (κ2) is 14.8. The molecule has 3 N–H and O–H groups in total. The number of carbonyl (C=O) groups excluding carboxylic acids is 3. The summed E-state index contributed by atoms with van der Waals surface area (Å²) in [6.45, 7) is 6.11. The van der Waals surface area contributed by atoms with Crippen molar-refractivity contribution in [2.24, 2.45) is 0 Å². The molecule has 5 aliphatic rings. The fourth-order valence-corrected chi connectivity index (χ4v) is 8.94. The second-order valence-corrected chi connectivity index (χ2v) is 15.6. The van der Waals surface area contributed by atoms with Gasteiger partial charge in [0.25, 0.3) is 12.3 Å². The summed E-state index contributed by atoms with van der Waals surface area (Å²) in [6, 6.07) is 12.9. The number of phenolic OH excluding ortho intramolecular Hbond substituents is 1. The Hall–Kier alpha value is -5.97. The van der Waals surface area contributed by atoms with Crippen LogP contribution in [0.2, 0.25) is 0 Å². The minimum Gasteiger partial charge on any atom is -0.504 e. The topological polar surface area (TPSA) is 156 Å². The molecule has 0 bridgehead atoms. The number of pyridine rings is 1. The van der Waals surface area contributed by atoms with Gasteiger partial charge in [0, 0.05) is 87.2 Å². The van der Waals surface area contributed by atoms with Crippen molar-refractivity contribution in [2.75, 3.05) is 54.4 Å². The number of nitrogens with one attached hydrogen (secondary N) is 2. The molecule has 3 amide bonds. The largest absolute Gasteiger partial charge is 0.504 e. The Morgan fingerprint density at radius 1 is 1.03 bits per heavy atom. The quantitative estimate of drug-likeness (QED) is 0.209. The SMILES string of the molecule is CCc1cc(CN2CCN(c3ccc4c(c3)C(=O)N([C@H]3CCC(=O)NC3=O)C4)CC2)cnc1O[C@H]1CN2c3cc(-c4cccc(F)c4O)nnc3NC[C@@]2(C(F)F)C1. The molecule has 0 unspecified atom stereocenters. The first-order valence-electron chi connectivity index (χ1n) is 19.6. The number of ether oxygens (including phenoxy) is 1. The van der Waals surface area contributed by atoms with Crippen molar-refractivity contribution in [2.45, 2.75) is 69.8 Å². The lowest BCUT2D eigenvalue weighted by Gasteiger charge is -2.43. The van der Waals surface area contributed by atoms with E-state index in [9.17, 15) is 23.9 Å². The molecule has 0 radical (unpaired) electrons. The van der Waals surface area contributed by atoms with E-state index in [0.717, 1.165) is 54.6 Å². The van der Waals surface area contributed by atoms with Crippen molar-refractivity contribution in [3.05, 3.63) is 82.8 Å². The molecule has 0 saturated carbocycles. The first-order chi connectivity index (χ1) is 28.0. The summed E-state index contributed by atoms with van der Waals surface area (Å²) in [4.78, 5) is 49.9. The Kier molecular flexibility index (Phi) is 9.57. The third kappa shape index (κ3) is 6.60. The lowest BCUT2D eigenvalue weighted by Crippen LogP contribution is -2.57. The lowest BCUT2D eigenvalue weighted by molar-refractivity contribution is -0.136. The number of benzene rings is 2. The summed E-state index contributed by atoms with van der Waals surface area (Å²) in [6.07, 6.45) is -0.394. The van der Waals surface area contributed by atoms with Gasteiger partial charge in [0.1, 0.15) is 17.7 Å². The number of anilines is 3. The standard InChI is InChI=1S/C41H42F3N9O5/c1-2-24-14-23(19-50-10-12-51(13-11-50)26-7-6-25-20-52(39(57)29(25)15-26)32-8-9-34(54)47-37(32)56)18-45-38(24)58-27-17-41(40(43)44)22-46-36-33(53(41)21-27)16-31(48-49-36)28-4-3-5-30(42)35(28)55/h3-7,14-16,18,27,32,40,55H,2,8-13,17,19-22H2,1H3,(H,46,49)(H,47,54,56)/t27-,32+,41-/m1/s1. The number of rotatable bonds is 9. The number of aromatic hydroxyl groups is 1. The third-order valence-electron chi connectivity index (χ3n) is 12.1. The van der Waals surface area contributed by atoms with Gasteiger partial charge in [-0.1, -0.05) is 19.1 Å². The summed E-state index contributed by atoms with van der Waals surface area (Å²) >= 11 is 0. The number of alkyl halides is 2. The number of imide groups is 1. The van der Waals surface area contributed by atoms with Gasteiger partial charge < -0.3 is 29.9 Å². The Labute approximate surface area is 332 Å². The summed E-state index contributed by atoms with van der Waals surface area (Å²) < 4.78 is 50.6. The number of amides is 3. The molecule has 17 heteroatoms. The summed E-state index contributed by atoms with van der Waals surface area (Å²) in [5, 5.41) is 24.0. The number of phenols is 1. The van der Waals surface area contributed by atoms with E-state index in [1.807, 2.05) is 25.1 Å². The van der Waals surface area contributed by atoms with Crippen molar-refractivity contribution < 1.29 is 37.4 Å². The highest BCUT2D eigenvalue weighted by molar-refractivity contribution is 6.05. The number of para-hydroxylation sites is 1. The van der Waals surface area contributed by atoms with Crippen LogP contribution >= 0.6 is 0 Å². The second-order valence-electron chi connectivity index (χ2n) is 15.6. The van der Waals surface area contributed by atoms with Crippen molar-refractivity contribution in [1.82, 2.24) is 30.3 Å². The van der Waals surface area contributed by atoms with E-state index in [0.29, 0.717) is 48.9 Å². The van der Waals surface area contributed by atoms with Crippen LogP contribution in [0.3, 0.4) is 0 Å². The molecular weight excluding hydrogens is 756 g/mol. The molecular formula is C41H42F3N9O5. The van der Waals surface area contributed by atoms with Crippen LogP contribution in [0.1, 0.15) is 53.2 Å². The van der Waals surface area contributed by atoms with Crippen LogP contribution in [-0.4, -0.2) is 111 Å². The molecule has 4 aromatic rings. The molecule has 302 valence electrons. The van der Waals surface area contributed by atoms with E-state index in [4.69, 9.17) is 4.74 Å². The number of fused-ring (bicyclic) bond motifs is 4. The monoisotopic (exact) mass is 797 g/mol. The highest BCUT2D eigenvalue weighted by Crippen LogP contribution is 2.47. The predicted octanol–water partition coefficient (Wildman–Crippen LogP) is 4.12. The normalized spacial score (nSPS) is 23.1. The predicted molar refractivity (Wildman–Crippen MR) is 206 cm³/mol. The Morgan fingerprint density at radius 2 is 1.86 bits per heavy atom. The number of nitrogens with zero attached hydrogens (tertiary/aromatic N) is 7. The van der Waals surface area contributed by atoms with Gasteiger partial charge in [0.2, 0.25) is 17.7 Å². The Morgan fingerprint density at radius 3 is 2.64 bits per heavy atom. The third-order valence-corrected chi connectivity index (χ3v) is 12.1. The number of carbonyl (C=O) groups is 3. The molecule has 3 fully saturated rings. The minimum atomic E-state index is -2.73. The zero-order valence-corrected chi connectivity index (χ0v) is 31.8.